The molecule has 2 fully saturated rings. The van der Waals surface area contributed by atoms with E-state index in [-0.39, 0.29) is 24.3 Å². The van der Waals surface area contributed by atoms with Gasteiger partial charge in [0.2, 0.25) is 27.7 Å². The first kappa shape index (κ1) is 23.6. The smallest absolute Gasteiger partial charge is 0.227 e. The zero-order chi connectivity index (χ0) is 22.5. The predicted molar refractivity (Wildman–Crippen MR) is 113 cm³/mol. The number of aryl methyl sites for hydroxylation is 1. The molecule has 1 atom stereocenters. The standard InChI is InChI=1S/C20H33N5O5S/c1-15(26)22-20(11-5-3-4-6-12-20)19-21-17(30-23-19)9-10-18(27)25-13-7-8-16(14-25)24-31(2,28)29/h16,24H,3-14H2,1-2H3,(H,22,26). The Kier molecular flexibility index (Phi) is 7.68. The average Bonchev–Trinajstić information content (AvgIpc) is 3.05. The Morgan fingerprint density at radius 3 is 2.55 bits per heavy atom. The number of aromatic nitrogens is 2. The Balaban J connectivity index is 1.60. The molecule has 1 saturated heterocycles. The molecule has 174 valence electrons. The summed E-state index contributed by atoms with van der Waals surface area (Å²) in [6, 6.07) is -0.254. The van der Waals surface area contributed by atoms with Crippen molar-refractivity contribution in [1.29, 1.82) is 0 Å². The third-order valence-corrected chi connectivity index (χ3v) is 6.74. The van der Waals surface area contributed by atoms with Crippen molar-refractivity contribution in [2.24, 2.45) is 0 Å². The molecule has 2 heterocycles. The second-order valence-electron chi connectivity index (χ2n) is 8.76. The molecule has 2 aliphatic rings. The molecule has 0 aromatic carbocycles. The minimum atomic E-state index is -3.30. The summed E-state index contributed by atoms with van der Waals surface area (Å²) >= 11 is 0. The molecular weight excluding hydrogens is 422 g/mol. The van der Waals surface area contributed by atoms with E-state index >= 15 is 0 Å². The molecular formula is C20H33N5O5S. The van der Waals surface area contributed by atoms with Crippen molar-refractivity contribution in [3.8, 4) is 0 Å². The lowest BCUT2D eigenvalue weighted by Crippen LogP contribution is -2.49. The highest BCUT2D eigenvalue weighted by Crippen LogP contribution is 2.34. The topological polar surface area (TPSA) is 134 Å². The Hall–Kier alpha value is -2.01. The van der Waals surface area contributed by atoms with Gasteiger partial charge in [0.05, 0.1) is 6.26 Å². The lowest BCUT2D eigenvalue weighted by Gasteiger charge is -2.32. The second kappa shape index (κ2) is 10.1. The molecule has 3 rings (SSSR count). The van der Waals surface area contributed by atoms with Gasteiger partial charge in [0, 0.05) is 38.9 Å². The number of nitrogens with zero attached hydrogens (tertiary/aromatic N) is 3. The van der Waals surface area contributed by atoms with E-state index in [0.717, 1.165) is 57.6 Å². The SMILES string of the molecule is CC(=O)NC1(c2noc(CCC(=O)N3CCCC(NS(C)(=O)=O)C3)n2)CCCCCC1. The van der Waals surface area contributed by atoms with E-state index in [9.17, 15) is 18.0 Å². The summed E-state index contributed by atoms with van der Waals surface area (Å²) in [6.45, 7) is 2.48. The van der Waals surface area contributed by atoms with Crippen LogP contribution in [-0.2, 0) is 31.6 Å². The molecule has 11 heteroatoms. The number of sulfonamides is 1. The molecule has 1 saturated carbocycles. The summed E-state index contributed by atoms with van der Waals surface area (Å²) in [6.07, 6.45) is 8.86. The molecule has 1 unspecified atom stereocenters. The monoisotopic (exact) mass is 455 g/mol. The van der Waals surface area contributed by atoms with Gasteiger partial charge in [0.1, 0.15) is 5.54 Å². The summed E-state index contributed by atoms with van der Waals surface area (Å²) in [5.41, 5.74) is -0.606. The first-order valence-electron chi connectivity index (χ1n) is 11.0. The number of rotatable bonds is 7. The Bertz CT molecular complexity index is 876. The van der Waals surface area contributed by atoms with Gasteiger partial charge in [-0.25, -0.2) is 13.1 Å². The van der Waals surface area contributed by atoms with Gasteiger partial charge in [-0.15, -0.1) is 0 Å². The normalized spacial score (nSPS) is 22.0. The summed E-state index contributed by atoms with van der Waals surface area (Å²) in [4.78, 5) is 30.7. The van der Waals surface area contributed by atoms with E-state index in [1.54, 1.807) is 4.90 Å². The van der Waals surface area contributed by atoms with Crippen LogP contribution in [0, 0.1) is 0 Å². The number of nitrogens with one attached hydrogen (secondary N) is 2. The third-order valence-electron chi connectivity index (χ3n) is 5.98. The summed E-state index contributed by atoms with van der Waals surface area (Å²) < 4.78 is 30.9. The van der Waals surface area contributed by atoms with Crippen molar-refractivity contribution in [1.82, 2.24) is 25.1 Å². The molecule has 2 N–H and O–H groups in total. The maximum absolute atomic E-state index is 12.6. The fourth-order valence-corrected chi connectivity index (χ4v) is 5.40. The maximum atomic E-state index is 12.6. The first-order chi connectivity index (χ1) is 14.7. The van der Waals surface area contributed by atoms with Crippen molar-refractivity contribution in [2.75, 3.05) is 19.3 Å². The van der Waals surface area contributed by atoms with E-state index in [1.807, 2.05) is 0 Å². The van der Waals surface area contributed by atoms with Crippen molar-refractivity contribution < 1.29 is 22.5 Å². The summed E-state index contributed by atoms with van der Waals surface area (Å²) in [5.74, 6) is 0.680. The van der Waals surface area contributed by atoms with E-state index in [1.165, 1.54) is 6.92 Å². The molecule has 0 radical (unpaired) electrons. The van der Waals surface area contributed by atoms with Gasteiger partial charge < -0.3 is 14.7 Å². The van der Waals surface area contributed by atoms with Gasteiger partial charge in [-0.1, -0.05) is 30.8 Å². The number of piperidine rings is 1. The second-order valence-corrected chi connectivity index (χ2v) is 10.5. The van der Waals surface area contributed by atoms with Crippen LogP contribution in [-0.4, -0.2) is 60.7 Å². The highest BCUT2D eigenvalue weighted by Gasteiger charge is 2.38. The number of amides is 2. The van der Waals surface area contributed by atoms with Crippen LogP contribution in [0.5, 0.6) is 0 Å². The zero-order valence-electron chi connectivity index (χ0n) is 18.4. The fourth-order valence-electron chi connectivity index (χ4n) is 4.60. The van der Waals surface area contributed by atoms with Gasteiger partial charge in [-0.05, 0) is 25.7 Å². The van der Waals surface area contributed by atoms with Gasteiger partial charge in [0.25, 0.3) is 0 Å². The molecule has 1 aliphatic heterocycles. The predicted octanol–water partition coefficient (Wildman–Crippen LogP) is 1.23. The maximum Gasteiger partial charge on any atom is 0.227 e. The van der Waals surface area contributed by atoms with Crippen LogP contribution in [0.3, 0.4) is 0 Å². The van der Waals surface area contributed by atoms with Crippen LogP contribution in [0.15, 0.2) is 4.52 Å². The number of hydrogen-bond acceptors (Lipinski definition) is 7. The van der Waals surface area contributed by atoms with Crippen molar-refractivity contribution in [3.05, 3.63) is 11.7 Å². The molecule has 1 aliphatic carbocycles. The molecule has 31 heavy (non-hydrogen) atoms. The third kappa shape index (κ3) is 6.73. The van der Waals surface area contributed by atoms with Crippen molar-refractivity contribution in [3.63, 3.8) is 0 Å². The number of likely N-dealkylation sites (tertiary alicyclic amines) is 1. The fraction of sp³-hybridized carbons (Fsp3) is 0.800. The highest BCUT2D eigenvalue weighted by atomic mass is 32.2. The van der Waals surface area contributed by atoms with Gasteiger partial charge in [0.15, 0.2) is 5.82 Å². The zero-order valence-corrected chi connectivity index (χ0v) is 19.2. The van der Waals surface area contributed by atoms with Crippen LogP contribution in [0.4, 0.5) is 0 Å². The molecule has 2 amide bonds. The van der Waals surface area contributed by atoms with Gasteiger partial charge >= 0.3 is 0 Å². The Labute approximate surface area is 183 Å². The minimum Gasteiger partial charge on any atom is -0.343 e. The first-order valence-corrected chi connectivity index (χ1v) is 12.9. The molecule has 10 nitrogen and oxygen atoms in total. The lowest BCUT2D eigenvalue weighted by atomic mass is 9.89. The van der Waals surface area contributed by atoms with Crippen LogP contribution >= 0.6 is 0 Å². The summed E-state index contributed by atoms with van der Waals surface area (Å²) in [7, 11) is -3.30. The van der Waals surface area contributed by atoms with Gasteiger partial charge in [-0.3, -0.25) is 9.59 Å². The van der Waals surface area contributed by atoms with Crippen LogP contribution in [0.2, 0.25) is 0 Å². The van der Waals surface area contributed by atoms with Crippen LogP contribution < -0.4 is 10.0 Å². The van der Waals surface area contributed by atoms with E-state index in [4.69, 9.17) is 4.52 Å². The quantitative estimate of drug-likeness (QED) is 0.590. The van der Waals surface area contributed by atoms with E-state index in [2.05, 4.69) is 20.2 Å². The Morgan fingerprint density at radius 2 is 1.90 bits per heavy atom. The number of carbonyl (C=O) groups is 2. The largest absolute Gasteiger partial charge is 0.343 e. The van der Waals surface area contributed by atoms with E-state index < -0.39 is 15.6 Å². The molecule has 0 spiro atoms. The summed E-state index contributed by atoms with van der Waals surface area (Å²) in [5, 5.41) is 7.20. The van der Waals surface area contributed by atoms with E-state index in [0.29, 0.717) is 31.2 Å². The minimum absolute atomic E-state index is 0.0641. The van der Waals surface area contributed by atoms with Crippen LogP contribution in [0.25, 0.3) is 0 Å². The molecule has 0 bridgehead atoms. The number of carbonyl (C=O) groups excluding carboxylic acids is 2. The Morgan fingerprint density at radius 1 is 1.19 bits per heavy atom. The molecule has 1 aromatic heterocycles. The highest BCUT2D eigenvalue weighted by molar-refractivity contribution is 7.88. The van der Waals surface area contributed by atoms with Crippen molar-refractivity contribution in [2.45, 2.75) is 82.7 Å². The number of hydrogen-bond donors (Lipinski definition) is 2. The lowest BCUT2D eigenvalue weighted by molar-refractivity contribution is -0.132. The van der Waals surface area contributed by atoms with Gasteiger partial charge in [-0.2, -0.15) is 4.98 Å². The van der Waals surface area contributed by atoms with Crippen LogP contribution in [0.1, 0.15) is 76.4 Å². The molecule has 1 aromatic rings. The average molecular weight is 456 g/mol. The van der Waals surface area contributed by atoms with Crippen molar-refractivity contribution >= 4 is 21.8 Å².